The summed E-state index contributed by atoms with van der Waals surface area (Å²) < 4.78 is 0. The molecule has 84 valence electrons. The summed E-state index contributed by atoms with van der Waals surface area (Å²) in [5, 5.41) is 12.1. The van der Waals surface area contributed by atoms with Crippen molar-refractivity contribution in [3.05, 3.63) is 58.6 Å². The van der Waals surface area contributed by atoms with Gasteiger partial charge in [-0.25, -0.2) is 0 Å². The van der Waals surface area contributed by atoms with Crippen LogP contribution in [-0.2, 0) is 0 Å². The Bertz CT molecular complexity index is 582. The highest BCUT2D eigenvalue weighted by molar-refractivity contribution is 5.65. The second-order valence-electron chi connectivity index (χ2n) is 4.10. The zero-order valence-corrected chi connectivity index (χ0v) is 9.94. The molecule has 0 aliphatic carbocycles. The van der Waals surface area contributed by atoms with Gasteiger partial charge in [0.15, 0.2) is 4.98 Å². The number of nitrogens with zero attached hydrogens (tertiary/aromatic N) is 2. The maximum Gasteiger partial charge on any atom is 0.388 e. The van der Waals surface area contributed by atoms with Gasteiger partial charge < -0.3 is 5.32 Å². The molecule has 1 N–H and O–H groups in total. The molecule has 0 radical (unpaired) electrons. The van der Waals surface area contributed by atoms with Crippen LogP contribution in [0.1, 0.15) is 11.1 Å². The van der Waals surface area contributed by atoms with Gasteiger partial charge in [-0.3, -0.25) is 0 Å². The van der Waals surface area contributed by atoms with E-state index in [1.165, 1.54) is 5.56 Å². The number of nitrogens with one attached hydrogen (secondary N) is 1. The Labute approximate surface area is 101 Å². The van der Waals surface area contributed by atoms with Crippen LogP contribution in [0.3, 0.4) is 0 Å². The SMILES string of the molecule is Cc1cccc(Nc2ccc([N+]#N)c(C)c2)c1. The van der Waals surface area contributed by atoms with Crippen molar-refractivity contribution in [1.29, 1.82) is 5.39 Å². The molecule has 0 aromatic heterocycles. The number of benzene rings is 2. The lowest BCUT2D eigenvalue weighted by atomic mass is 10.1. The van der Waals surface area contributed by atoms with Gasteiger partial charge >= 0.3 is 5.69 Å². The van der Waals surface area contributed by atoms with Crippen molar-refractivity contribution in [2.24, 2.45) is 0 Å². The quantitative estimate of drug-likeness (QED) is 0.761. The highest BCUT2D eigenvalue weighted by atomic mass is 14.9. The van der Waals surface area contributed by atoms with E-state index in [-0.39, 0.29) is 0 Å². The first-order valence-corrected chi connectivity index (χ1v) is 5.48. The Balaban J connectivity index is 2.25. The van der Waals surface area contributed by atoms with Crippen molar-refractivity contribution >= 4 is 17.1 Å². The fourth-order valence-electron chi connectivity index (χ4n) is 1.73. The lowest BCUT2D eigenvalue weighted by molar-refractivity contribution is 1.40. The van der Waals surface area contributed by atoms with Crippen molar-refractivity contribution in [2.75, 3.05) is 5.32 Å². The molecule has 0 saturated carbocycles. The lowest BCUT2D eigenvalue weighted by Crippen LogP contribution is -1.90. The molecule has 0 heterocycles. The molecule has 2 rings (SSSR count). The zero-order chi connectivity index (χ0) is 12.3. The maximum absolute atomic E-state index is 8.74. The predicted molar refractivity (Wildman–Crippen MR) is 70.4 cm³/mol. The van der Waals surface area contributed by atoms with Gasteiger partial charge in [0.25, 0.3) is 0 Å². The van der Waals surface area contributed by atoms with Crippen molar-refractivity contribution < 1.29 is 0 Å². The van der Waals surface area contributed by atoms with Crippen LogP contribution in [0.4, 0.5) is 17.1 Å². The molecule has 0 amide bonds. The Morgan fingerprint density at radius 2 is 1.76 bits per heavy atom. The first-order valence-electron chi connectivity index (χ1n) is 5.48. The van der Waals surface area contributed by atoms with E-state index >= 15 is 0 Å². The molecule has 0 bridgehead atoms. The lowest BCUT2D eigenvalue weighted by Gasteiger charge is -2.06. The van der Waals surface area contributed by atoms with Crippen LogP contribution in [0, 0.1) is 19.2 Å². The van der Waals surface area contributed by atoms with Crippen molar-refractivity contribution in [3.8, 4) is 0 Å². The molecule has 0 atom stereocenters. The topological polar surface area (TPSA) is 40.2 Å². The molecule has 17 heavy (non-hydrogen) atoms. The zero-order valence-electron chi connectivity index (χ0n) is 9.94. The normalized spacial score (nSPS) is 9.71. The number of anilines is 2. The number of rotatable bonds is 2. The standard InChI is InChI=1S/C14H14N3/c1-10-4-3-5-12(8-10)16-13-6-7-14(17-15)11(2)9-13/h3-9,16H,1-2H3/q+1. The molecule has 0 spiro atoms. The van der Waals surface area contributed by atoms with Crippen molar-refractivity contribution in [3.63, 3.8) is 0 Å². The summed E-state index contributed by atoms with van der Waals surface area (Å²) in [6, 6.07) is 13.8. The third kappa shape index (κ3) is 2.61. The van der Waals surface area contributed by atoms with Gasteiger partial charge in [-0.1, -0.05) is 12.1 Å². The molecule has 0 aliphatic heterocycles. The van der Waals surface area contributed by atoms with Gasteiger partial charge in [0.05, 0.1) is 0 Å². The van der Waals surface area contributed by atoms with Crippen LogP contribution in [0.15, 0.2) is 42.5 Å². The van der Waals surface area contributed by atoms with Crippen molar-refractivity contribution in [2.45, 2.75) is 13.8 Å². The number of aryl methyl sites for hydroxylation is 2. The highest BCUT2D eigenvalue weighted by Crippen LogP contribution is 2.24. The second-order valence-corrected chi connectivity index (χ2v) is 4.10. The minimum absolute atomic E-state index is 0.597. The van der Waals surface area contributed by atoms with Crippen LogP contribution in [0.25, 0.3) is 4.98 Å². The third-order valence-electron chi connectivity index (χ3n) is 2.61. The van der Waals surface area contributed by atoms with Gasteiger partial charge in [-0.05, 0) is 43.7 Å². The third-order valence-corrected chi connectivity index (χ3v) is 2.61. The van der Waals surface area contributed by atoms with Gasteiger partial charge in [-0.2, -0.15) is 0 Å². The number of diazo groups is 1. The molecule has 2 aromatic rings. The van der Waals surface area contributed by atoms with Gasteiger partial charge in [0, 0.05) is 23.0 Å². The molecule has 0 aliphatic rings. The summed E-state index contributed by atoms with van der Waals surface area (Å²) >= 11 is 0. The van der Waals surface area contributed by atoms with E-state index in [1.807, 2.05) is 31.2 Å². The van der Waals surface area contributed by atoms with E-state index in [0.29, 0.717) is 5.69 Å². The highest BCUT2D eigenvalue weighted by Gasteiger charge is 2.09. The van der Waals surface area contributed by atoms with Crippen molar-refractivity contribution in [1.82, 2.24) is 0 Å². The number of hydrogen-bond donors (Lipinski definition) is 1. The largest absolute Gasteiger partial charge is 0.388 e. The van der Waals surface area contributed by atoms with E-state index in [4.69, 9.17) is 5.39 Å². The van der Waals surface area contributed by atoms with Crippen LogP contribution in [0.2, 0.25) is 0 Å². The van der Waals surface area contributed by atoms with Crippen LogP contribution < -0.4 is 5.32 Å². The monoisotopic (exact) mass is 224 g/mol. The average molecular weight is 224 g/mol. The first-order chi connectivity index (χ1) is 8.19. The molecule has 3 heteroatoms. The molecule has 2 aromatic carbocycles. The molecule has 0 fully saturated rings. The summed E-state index contributed by atoms with van der Waals surface area (Å²) in [7, 11) is 0. The number of hydrogen-bond acceptors (Lipinski definition) is 2. The van der Waals surface area contributed by atoms with E-state index in [9.17, 15) is 0 Å². The Morgan fingerprint density at radius 1 is 1.00 bits per heavy atom. The van der Waals surface area contributed by atoms with Gasteiger partial charge in [0.2, 0.25) is 5.39 Å². The Morgan fingerprint density at radius 3 is 2.41 bits per heavy atom. The Kier molecular flexibility index (Phi) is 3.06. The summed E-state index contributed by atoms with van der Waals surface area (Å²) in [4.78, 5) is 3.20. The van der Waals surface area contributed by atoms with E-state index < -0.39 is 0 Å². The Hall–Kier alpha value is -2.34. The van der Waals surface area contributed by atoms with Crippen LogP contribution in [-0.4, -0.2) is 0 Å². The van der Waals surface area contributed by atoms with E-state index in [1.54, 1.807) is 6.07 Å². The van der Waals surface area contributed by atoms with Crippen LogP contribution >= 0.6 is 0 Å². The minimum atomic E-state index is 0.597. The molecule has 0 saturated heterocycles. The fourth-order valence-corrected chi connectivity index (χ4v) is 1.73. The first kappa shape index (κ1) is 11.2. The molecule has 0 unspecified atom stereocenters. The van der Waals surface area contributed by atoms with Gasteiger partial charge in [0.1, 0.15) is 0 Å². The van der Waals surface area contributed by atoms with E-state index in [2.05, 4.69) is 29.3 Å². The maximum atomic E-state index is 8.74. The predicted octanol–water partition coefficient (Wildman–Crippen LogP) is 4.53. The second kappa shape index (κ2) is 4.67. The fraction of sp³-hybridized carbons (Fsp3) is 0.143. The molecule has 3 nitrogen and oxygen atoms in total. The van der Waals surface area contributed by atoms with Crippen LogP contribution in [0.5, 0.6) is 0 Å². The molecular weight excluding hydrogens is 210 g/mol. The summed E-state index contributed by atoms with van der Waals surface area (Å²) in [6.07, 6.45) is 0. The summed E-state index contributed by atoms with van der Waals surface area (Å²) in [5.41, 5.74) is 4.79. The smallest absolute Gasteiger partial charge is 0.356 e. The van der Waals surface area contributed by atoms with E-state index in [0.717, 1.165) is 16.9 Å². The minimum Gasteiger partial charge on any atom is -0.356 e. The molecular formula is C14H14N3+. The summed E-state index contributed by atoms with van der Waals surface area (Å²) in [5.74, 6) is 0. The summed E-state index contributed by atoms with van der Waals surface area (Å²) in [6.45, 7) is 3.97. The van der Waals surface area contributed by atoms with Gasteiger partial charge in [-0.15, -0.1) is 0 Å². The average Bonchev–Trinajstić information content (AvgIpc) is 2.29.